The molecule has 0 bridgehead atoms. The monoisotopic (exact) mass is 372 g/mol. The smallest absolute Gasteiger partial charge is 0.228 e. The Labute approximate surface area is 143 Å². The molecule has 1 aromatic heterocycles. The summed E-state index contributed by atoms with van der Waals surface area (Å²) >= 11 is 3.42. The molecule has 4 nitrogen and oxygen atoms in total. The van der Waals surface area contributed by atoms with E-state index < -0.39 is 0 Å². The highest BCUT2D eigenvalue weighted by Gasteiger charge is 2.11. The molecule has 0 saturated heterocycles. The number of nitrogens with one attached hydrogen (secondary N) is 2. The van der Waals surface area contributed by atoms with E-state index in [1.54, 1.807) is 7.11 Å². The number of benzene rings is 2. The normalized spacial score (nSPS) is 10.7. The highest BCUT2D eigenvalue weighted by molar-refractivity contribution is 9.10. The van der Waals surface area contributed by atoms with Crippen molar-refractivity contribution in [1.29, 1.82) is 0 Å². The molecule has 3 aromatic rings. The van der Waals surface area contributed by atoms with Crippen LogP contribution in [0.25, 0.3) is 10.9 Å². The van der Waals surface area contributed by atoms with Crippen LogP contribution in [0.4, 0.5) is 5.69 Å². The third-order valence-corrected chi connectivity index (χ3v) is 4.28. The molecule has 0 saturated carbocycles. The SMILES string of the molecule is COc1ccc2[nH]cc(CC(=O)Nc3ccc(Br)cc3C)c2c1. The number of amides is 1. The molecule has 0 atom stereocenters. The van der Waals surface area contributed by atoms with Crippen LogP contribution in [0, 0.1) is 6.92 Å². The van der Waals surface area contributed by atoms with Gasteiger partial charge in [-0.05, 0) is 54.4 Å². The summed E-state index contributed by atoms with van der Waals surface area (Å²) in [6.07, 6.45) is 2.18. The lowest BCUT2D eigenvalue weighted by molar-refractivity contribution is -0.115. The molecule has 0 aliphatic rings. The maximum Gasteiger partial charge on any atom is 0.228 e. The minimum Gasteiger partial charge on any atom is -0.497 e. The number of carbonyl (C=O) groups is 1. The Bertz CT molecular complexity index is 871. The second kappa shape index (κ2) is 6.46. The summed E-state index contributed by atoms with van der Waals surface area (Å²) in [6.45, 7) is 1.97. The first-order chi connectivity index (χ1) is 11.1. The van der Waals surface area contributed by atoms with Crippen molar-refractivity contribution in [2.45, 2.75) is 13.3 Å². The maximum atomic E-state index is 12.3. The van der Waals surface area contributed by atoms with Crippen LogP contribution in [-0.2, 0) is 11.2 Å². The van der Waals surface area contributed by atoms with E-state index in [0.29, 0.717) is 6.42 Å². The van der Waals surface area contributed by atoms with Gasteiger partial charge in [0.1, 0.15) is 5.75 Å². The summed E-state index contributed by atoms with van der Waals surface area (Å²) in [5.74, 6) is 0.738. The molecule has 1 amide bonds. The van der Waals surface area contributed by atoms with Crippen LogP contribution < -0.4 is 10.1 Å². The summed E-state index contributed by atoms with van der Waals surface area (Å²) < 4.78 is 6.25. The van der Waals surface area contributed by atoms with Crippen LogP contribution >= 0.6 is 15.9 Å². The first kappa shape index (κ1) is 15.6. The minimum absolute atomic E-state index is 0.0425. The van der Waals surface area contributed by atoms with Gasteiger partial charge in [-0.1, -0.05) is 15.9 Å². The predicted molar refractivity (Wildman–Crippen MR) is 96.1 cm³/mol. The topological polar surface area (TPSA) is 54.1 Å². The Kier molecular flexibility index (Phi) is 4.39. The molecule has 118 valence electrons. The standard InChI is InChI=1S/C18H17BrN2O2/c1-11-7-13(19)3-5-16(11)21-18(22)8-12-10-20-17-6-4-14(23-2)9-15(12)17/h3-7,9-10,20H,8H2,1-2H3,(H,21,22). The second-order valence-electron chi connectivity index (χ2n) is 5.41. The molecular weight excluding hydrogens is 356 g/mol. The molecule has 0 unspecified atom stereocenters. The minimum atomic E-state index is -0.0425. The Balaban J connectivity index is 1.80. The molecule has 0 radical (unpaired) electrons. The average molecular weight is 373 g/mol. The number of aryl methyl sites for hydroxylation is 1. The number of aromatic nitrogens is 1. The predicted octanol–water partition coefficient (Wildman–Crippen LogP) is 4.43. The van der Waals surface area contributed by atoms with Crippen LogP contribution in [0.1, 0.15) is 11.1 Å². The number of anilines is 1. The summed E-state index contributed by atoms with van der Waals surface area (Å²) in [5, 5.41) is 3.97. The lowest BCUT2D eigenvalue weighted by Crippen LogP contribution is -2.14. The van der Waals surface area contributed by atoms with Crippen LogP contribution in [0.5, 0.6) is 5.75 Å². The highest BCUT2D eigenvalue weighted by atomic mass is 79.9. The number of hydrogen-bond acceptors (Lipinski definition) is 2. The van der Waals surface area contributed by atoms with Gasteiger partial charge in [0, 0.05) is 27.3 Å². The fraction of sp³-hybridized carbons (Fsp3) is 0.167. The molecule has 2 N–H and O–H groups in total. The number of halogens is 1. The largest absolute Gasteiger partial charge is 0.497 e. The number of H-pyrrole nitrogens is 1. The van der Waals surface area contributed by atoms with Crippen LogP contribution in [0.3, 0.4) is 0 Å². The van der Waals surface area contributed by atoms with Crippen molar-refractivity contribution in [3.05, 3.63) is 58.2 Å². The lowest BCUT2D eigenvalue weighted by atomic mass is 10.1. The van der Waals surface area contributed by atoms with Crippen LogP contribution in [0.15, 0.2) is 47.1 Å². The summed E-state index contributed by atoms with van der Waals surface area (Å²) in [6, 6.07) is 11.6. The molecule has 0 spiro atoms. The quantitative estimate of drug-likeness (QED) is 0.711. The van der Waals surface area contributed by atoms with E-state index in [1.165, 1.54) is 0 Å². The number of carbonyl (C=O) groups excluding carboxylic acids is 1. The van der Waals surface area contributed by atoms with Gasteiger partial charge in [-0.25, -0.2) is 0 Å². The number of methoxy groups -OCH3 is 1. The number of aromatic amines is 1. The summed E-state index contributed by atoms with van der Waals surface area (Å²) in [4.78, 5) is 15.5. The summed E-state index contributed by atoms with van der Waals surface area (Å²) in [7, 11) is 1.64. The second-order valence-corrected chi connectivity index (χ2v) is 6.33. The van der Waals surface area contributed by atoms with E-state index >= 15 is 0 Å². The summed E-state index contributed by atoms with van der Waals surface area (Å²) in [5.41, 5.74) is 3.79. The average Bonchev–Trinajstić information content (AvgIpc) is 2.92. The Hall–Kier alpha value is -2.27. The Morgan fingerprint density at radius 1 is 1.26 bits per heavy atom. The van der Waals surface area contributed by atoms with Gasteiger partial charge >= 0.3 is 0 Å². The van der Waals surface area contributed by atoms with E-state index in [1.807, 2.05) is 49.5 Å². The molecule has 0 aliphatic carbocycles. The molecule has 5 heteroatoms. The van der Waals surface area contributed by atoms with Gasteiger partial charge in [-0.15, -0.1) is 0 Å². The van der Waals surface area contributed by atoms with Crippen molar-refractivity contribution >= 4 is 38.4 Å². The van der Waals surface area contributed by atoms with Gasteiger partial charge < -0.3 is 15.0 Å². The van der Waals surface area contributed by atoms with Gasteiger partial charge in [-0.3, -0.25) is 4.79 Å². The van der Waals surface area contributed by atoms with E-state index in [4.69, 9.17) is 4.74 Å². The molecule has 0 fully saturated rings. The number of ether oxygens (including phenoxy) is 1. The van der Waals surface area contributed by atoms with E-state index in [2.05, 4.69) is 26.2 Å². The van der Waals surface area contributed by atoms with E-state index in [0.717, 1.165) is 37.9 Å². The fourth-order valence-corrected chi connectivity index (χ4v) is 3.04. The molecule has 2 aromatic carbocycles. The lowest BCUT2D eigenvalue weighted by Gasteiger charge is -2.08. The number of fused-ring (bicyclic) bond motifs is 1. The van der Waals surface area contributed by atoms with Gasteiger partial charge in [0.15, 0.2) is 0 Å². The van der Waals surface area contributed by atoms with Gasteiger partial charge in [0.05, 0.1) is 13.5 Å². The zero-order chi connectivity index (χ0) is 16.4. The molecule has 1 heterocycles. The van der Waals surface area contributed by atoms with Gasteiger partial charge in [0.25, 0.3) is 0 Å². The van der Waals surface area contributed by atoms with Crippen molar-refractivity contribution in [2.24, 2.45) is 0 Å². The van der Waals surface area contributed by atoms with E-state index in [-0.39, 0.29) is 5.91 Å². The fourth-order valence-electron chi connectivity index (χ4n) is 2.57. The number of rotatable bonds is 4. The third kappa shape index (κ3) is 3.40. The first-order valence-electron chi connectivity index (χ1n) is 7.27. The van der Waals surface area contributed by atoms with Crippen molar-refractivity contribution < 1.29 is 9.53 Å². The van der Waals surface area contributed by atoms with E-state index in [9.17, 15) is 4.79 Å². The van der Waals surface area contributed by atoms with Crippen molar-refractivity contribution in [2.75, 3.05) is 12.4 Å². The molecule has 3 rings (SSSR count). The van der Waals surface area contributed by atoms with Crippen LogP contribution in [0.2, 0.25) is 0 Å². The zero-order valence-corrected chi connectivity index (χ0v) is 14.5. The number of hydrogen-bond donors (Lipinski definition) is 2. The van der Waals surface area contributed by atoms with Gasteiger partial charge in [0.2, 0.25) is 5.91 Å². The third-order valence-electron chi connectivity index (χ3n) is 3.79. The van der Waals surface area contributed by atoms with Crippen molar-refractivity contribution in [3.63, 3.8) is 0 Å². The molecular formula is C18H17BrN2O2. The molecule has 23 heavy (non-hydrogen) atoms. The van der Waals surface area contributed by atoms with Gasteiger partial charge in [-0.2, -0.15) is 0 Å². The first-order valence-corrected chi connectivity index (χ1v) is 8.06. The van der Waals surface area contributed by atoms with Crippen molar-refractivity contribution in [3.8, 4) is 5.75 Å². The maximum absolute atomic E-state index is 12.3. The highest BCUT2D eigenvalue weighted by Crippen LogP contribution is 2.25. The molecule has 0 aliphatic heterocycles. The zero-order valence-electron chi connectivity index (χ0n) is 12.9. The van der Waals surface area contributed by atoms with Crippen LogP contribution in [-0.4, -0.2) is 18.0 Å². The van der Waals surface area contributed by atoms with Crippen molar-refractivity contribution in [1.82, 2.24) is 4.98 Å². The Morgan fingerprint density at radius 3 is 2.83 bits per heavy atom. The Morgan fingerprint density at radius 2 is 2.09 bits per heavy atom.